The first-order valence-corrected chi connectivity index (χ1v) is 5.91. The van der Waals surface area contributed by atoms with Gasteiger partial charge in [-0.1, -0.05) is 11.6 Å². The minimum Gasteiger partial charge on any atom is -0.207 e. The first-order chi connectivity index (χ1) is 5.82. The lowest BCUT2D eigenvalue weighted by atomic mass is 10.2. The van der Waals surface area contributed by atoms with Gasteiger partial charge < -0.3 is 0 Å². The second-order valence-corrected chi connectivity index (χ2v) is 5.41. The average molecular weight is 243 g/mol. The van der Waals surface area contributed by atoms with Gasteiger partial charge in [-0.2, -0.15) is 0 Å². The zero-order chi connectivity index (χ0) is 10.2. The highest BCUT2D eigenvalue weighted by atomic mass is 35.7. The quantitative estimate of drug-likeness (QED) is 0.710. The van der Waals surface area contributed by atoms with Crippen LogP contribution in [0.2, 0.25) is 5.02 Å². The van der Waals surface area contributed by atoms with E-state index in [1.165, 1.54) is 0 Å². The predicted molar refractivity (Wildman–Crippen MR) is 49.2 cm³/mol. The molecule has 1 rings (SSSR count). The zero-order valence-electron chi connectivity index (χ0n) is 6.51. The molecule has 0 spiro atoms. The molecule has 0 heterocycles. The Balaban J connectivity index is 3.50. The van der Waals surface area contributed by atoms with E-state index in [1.54, 1.807) is 6.92 Å². The van der Waals surface area contributed by atoms with E-state index in [0.717, 1.165) is 12.1 Å². The summed E-state index contributed by atoms with van der Waals surface area (Å²) in [4.78, 5) is -0.545. The van der Waals surface area contributed by atoms with E-state index in [0.29, 0.717) is 5.56 Å². The van der Waals surface area contributed by atoms with Gasteiger partial charge in [0.25, 0.3) is 9.05 Å². The molecule has 0 bridgehead atoms. The van der Waals surface area contributed by atoms with Gasteiger partial charge >= 0.3 is 0 Å². The van der Waals surface area contributed by atoms with Crippen LogP contribution in [0.5, 0.6) is 0 Å². The van der Waals surface area contributed by atoms with Crippen LogP contribution in [0.4, 0.5) is 4.39 Å². The summed E-state index contributed by atoms with van der Waals surface area (Å²) in [6.45, 7) is 1.56. The molecule has 0 fully saturated rings. The molecule has 1 aromatic carbocycles. The van der Waals surface area contributed by atoms with Gasteiger partial charge in [-0.3, -0.25) is 0 Å². The van der Waals surface area contributed by atoms with E-state index < -0.39 is 19.8 Å². The van der Waals surface area contributed by atoms with Gasteiger partial charge in [-0.05, 0) is 24.6 Å². The van der Waals surface area contributed by atoms with E-state index in [1.807, 2.05) is 0 Å². The third-order valence-electron chi connectivity index (χ3n) is 1.48. The molecule has 72 valence electrons. The maximum absolute atomic E-state index is 13.0. The summed E-state index contributed by atoms with van der Waals surface area (Å²) in [5.74, 6) is -0.939. The normalized spacial score (nSPS) is 11.7. The van der Waals surface area contributed by atoms with Crippen molar-refractivity contribution in [2.75, 3.05) is 0 Å². The summed E-state index contributed by atoms with van der Waals surface area (Å²) < 4.78 is 34.6. The van der Waals surface area contributed by atoms with Crippen molar-refractivity contribution in [3.8, 4) is 0 Å². The summed E-state index contributed by atoms with van der Waals surface area (Å²) >= 11 is 5.56. The molecule has 0 aliphatic heterocycles. The number of aryl methyl sites for hydroxylation is 1. The van der Waals surface area contributed by atoms with Crippen molar-refractivity contribution in [3.05, 3.63) is 28.5 Å². The Hall–Kier alpha value is -0.320. The van der Waals surface area contributed by atoms with Crippen molar-refractivity contribution in [3.63, 3.8) is 0 Å². The summed E-state index contributed by atoms with van der Waals surface area (Å²) in [6, 6.07) is 2.02. The van der Waals surface area contributed by atoms with Crippen LogP contribution in [-0.2, 0) is 9.05 Å². The first-order valence-electron chi connectivity index (χ1n) is 3.22. The second kappa shape index (κ2) is 3.44. The number of rotatable bonds is 1. The highest BCUT2D eigenvalue weighted by Crippen LogP contribution is 2.25. The van der Waals surface area contributed by atoms with Crippen molar-refractivity contribution >= 4 is 31.3 Å². The Bertz CT molecular complexity index is 442. The summed E-state index contributed by atoms with van der Waals surface area (Å²) in [6.07, 6.45) is 0. The number of hydrogen-bond donors (Lipinski definition) is 0. The highest BCUT2D eigenvalue weighted by molar-refractivity contribution is 8.13. The van der Waals surface area contributed by atoms with Crippen LogP contribution in [0.3, 0.4) is 0 Å². The molecule has 0 atom stereocenters. The molecular weight excluding hydrogens is 238 g/mol. The fourth-order valence-corrected chi connectivity index (χ4v) is 1.93. The molecule has 0 aliphatic carbocycles. The van der Waals surface area contributed by atoms with Gasteiger partial charge in [0.15, 0.2) is 0 Å². The Morgan fingerprint density at radius 1 is 1.38 bits per heavy atom. The molecule has 13 heavy (non-hydrogen) atoms. The fourth-order valence-electron chi connectivity index (χ4n) is 0.818. The third kappa shape index (κ3) is 2.33. The van der Waals surface area contributed by atoms with Crippen LogP contribution in [0, 0.1) is 12.7 Å². The summed E-state index contributed by atoms with van der Waals surface area (Å²) in [5.41, 5.74) is 0.460. The zero-order valence-corrected chi connectivity index (χ0v) is 8.84. The molecular formula is C7H5Cl2FO2S. The second-order valence-electron chi connectivity index (χ2n) is 2.47. The minimum absolute atomic E-state index is 0.168. The van der Waals surface area contributed by atoms with E-state index in [4.69, 9.17) is 22.3 Å². The van der Waals surface area contributed by atoms with Crippen LogP contribution >= 0.6 is 22.3 Å². The molecule has 0 amide bonds. The molecule has 0 radical (unpaired) electrons. The SMILES string of the molecule is Cc1cc(S(=O)(=O)Cl)c(F)cc1Cl. The molecule has 2 nitrogen and oxygen atoms in total. The van der Waals surface area contributed by atoms with E-state index in [9.17, 15) is 12.8 Å². The van der Waals surface area contributed by atoms with Crippen molar-refractivity contribution in [1.29, 1.82) is 0 Å². The van der Waals surface area contributed by atoms with Crippen LogP contribution in [0.25, 0.3) is 0 Å². The number of benzene rings is 1. The van der Waals surface area contributed by atoms with Crippen LogP contribution in [0.15, 0.2) is 17.0 Å². The maximum Gasteiger partial charge on any atom is 0.264 e. The van der Waals surface area contributed by atoms with E-state index in [-0.39, 0.29) is 5.02 Å². The van der Waals surface area contributed by atoms with Gasteiger partial charge in [0.2, 0.25) is 0 Å². The van der Waals surface area contributed by atoms with Crippen LogP contribution < -0.4 is 0 Å². The van der Waals surface area contributed by atoms with Crippen molar-refractivity contribution in [1.82, 2.24) is 0 Å². The molecule has 0 N–H and O–H groups in total. The van der Waals surface area contributed by atoms with Gasteiger partial charge in [-0.15, -0.1) is 0 Å². The standard InChI is InChI=1S/C7H5Cl2FO2S/c1-4-2-7(13(9,11)12)6(10)3-5(4)8/h2-3H,1H3. The lowest BCUT2D eigenvalue weighted by Gasteiger charge is -2.02. The largest absolute Gasteiger partial charge is 0.264 e. The smallest absolute Gasteiger partial charge is 0.207 e. The molecule has 0 saturated heterocycles. The van der Waals surface area contributed by atoms with Crippen molar-refractivity contribution in [2.45, 2.75) is 11.8 Å². The Kier molecular flexibility index (Phi) is 2.85. The Morgan fingerprint density at radius 2 is 1.92 bits per heavy atom. The Morgan fingerprint density at radius 3 is 2.38 bits per heavy atom. The topological polar surface area (TPSA) is 34.1 Å². The average Bonchev–Trinajstić information content (AvgIpc) is 1.94. The third-order valence-corrected chi connectivity index (χ3v) is 3.22. The lowest BCUT2D eigenvalue weighted by Crippen LogP contribution is -1.96. The van der Waals surface area contributed by atoms with Crippen molar-refractivity contribution in [2.24, 2.45) is 0 Å². The fraction of sp³-hybridized carbons (Fsp3) is 0.143. The van der Waals surface area contributed by atoms with Gasteiger partial charge in [0.1, 0.15) is 10.7 Å². The van der Waals surface area contributed by atoms with E-state index >= 15 is 0 Å². The van der Waals surface area contributed by atoms with Gasteiger partial charge in [-0.25, -0.2) is 12.8 Å². The van der Waals surface area contributed by atoms with Crippen molar-refractivity contribution < 1.29 is 12.8 Å². The minimum atomic E-state index is -4.03. The number of hydrogen-bond acceptors (Lipinski definition) is 2. The molecule has 0 saturated carbocycles. The van der Waals surface area contributed by atoms with Gasteiger partial charge in [0, 0.05) is 15.7 Å². The molecule has 0 aliphatic rings. The first kappa shape index (κ1) is 10.8. The van der Waals surface area contributed by atoms with Crippen LogP contribution in [-0.4, -0.2) is 8.42 Å². The maximum atomic E-state index is 13.0. The molecule has 0 aromatic heterocycles. The summed E-state index contributed by atoms with van der Waals surface area (Å²) in [5, 5.41) is 0.168. The van der Waals surface area contributed by atoms with Crippen LogP contribution in [0.1, 0.15) is 5.56 Å². The van der Waals surface area contributed by atoms with E-state index in [2.05, 4.69) is 0 Å². The molecule has 6 heteroatoms. The Labute approximate surface area is 84.7 Å². The molecule has 0 unspecified atom stereocenters. The number of halogens is 3. The lowest BCUT2D eigenvalue weighted by molar-refractivity contribution is 0.575. The molecule has 1 aromatic rings. The summed E-state index contributed by atoms with van der Waals surface area (Å²) in [7, 11) is 0.943. The monoisotopic (exact) mass is 242 g/mol. The predicted octanol–water partition coefficient (Wildman–Crippen LogP) is 2.72. The van der Waals surface area contributed by atoms with Gasteiger partial charge in [0.05, 0.1) is 0 Å². The highest BCUT2D eigenvalue weighted by Gasteiger charge is 2.17.